The van der Waals surface area contributed by atoms with Gasteiger partial charge in [0.2, 0.25) is 0 Å². The molecule has 19 heavy (non-hydrogen) atoms. The van der Waals surface area contributed by atoms with Crippen LogP contribution in [0, 0.1) is 0 Å². The van der Waals surface area contributed by atoms with E-state index in [-0.39, 0.29) is 0 Å². The highest BCUT2D eigenvalue weighted by Gasteiger charge is 2.44. The van der Waals surface area contributed by atoms with E-state index in [0.717, 1.165) is 12.6 Å². The molecule has 0 N–H and O–H groups in total. The predicted octanol–water partition coefficient (Wildman–Crippen LogP) is 2.52. The van der Waals surface area contributed by atoms with Gasteiger partial charge in [0.1, 0.15) is 0 Å². The highest BCUT2D eigenvalue weighted by molar-refractivity contribution is 5.02. The second kappa shape index (κ2) is 7.61. The molecule has 0 aromatic heterocycles. The third-order valence-electron chi connectivity index (χ3n) is 5.19. The van der Waals surface area contributed by atoms with Crippen LogP contribution < -0.4 is 0 Å². The van der Waals surface area contributed by atoms with E-state index in [1.54, 1.807) is 0 Å². The van der Waals surface area contributed by atoms with Crippen LogP contribution in [0.15, 0.2) is 0 Å². The number of piperidine rings is 1. The van der Waals surface area contributed by atoms with Crippen LogP contribution in [-0.2, 0) is 0 Å². The average molecular weight is 269 g/mol. The largest absolute Gasteiger partial charge is 0.308 e. The fourth-order valence-corrected chi connectivity index (χ4v) is 3.96. The number of likely N-dealkylation sites (N-methyl/N-ethyl adjacent to an activating group) is 3. The third-order valence-corrected chi connectivity index (χ3v) is 5.19. The molecule has 1 atom stereocenters. The summed E-state index contributed by atoms with van der Waals surface area (Å²) in [6, 6.07) is 0.719. The molecule has 0 aromatic carbocycles. The fourth-order valence-electron chi connectivity index (χ4n) is 3.96. The molecule has 1 rings (SSSR count). The van der Waals surface area contributed by atoms with E-state index in [1.807, 2.05) is 0 Å². The van der Waals surface area contributed by atoms with Crippen LogP contribution in [0.5, 0.6) is 0 Å². The summed E-state index contributed by atoms with van der Waals surface area (Å²) in [6.07, 6.45) is 5.26. The molecular formula is C16H35N3. The Morgan fingerprint density at radius 1 is 1.05 bits per heavy atom. The molecule has 1 aliphatic heterocycles. The molecule has 114 valence electrons. The van der Waals surface area contributed by atoms with Crippen LogP contribution in [0.25, 0.3) is 0 Å². The van der Waals surface area contributed by atoms with Crippen LogP contribution in [0.2, 0.25) is 0 Å². The molecule has 0 bridgehead atoms. The topological polar surface area (TPSA) is 9.72 Å². The molecule has 1 saturated heterocycles. The van der Waals surface area contributed by atoms with Gasteiger partial charge in [0.15, 0.2) is 0 Å². The summed E-state index contributed by atoms with van der Waals surface area (Å²) in [5.74, 6) is 0. The minimum absolute atomic E-state index is 0.397. The summed E-state index contributed by atoms with van der Waals surface area (Å²) >= 11 is 0. The molecule has 3 heteroatoms. The summed E-state index contributed by atoms with van der Waals surface area (Å²) in [5, 5.41) is 0. The molecule has 0 aliphatic carbocycles. The minimum Gasteiger partial charge on any atom is -0.308 e. The van der Waals surface area contributed by atoms with Crippen LogP contribution in [0.3, 0.4) is 0 Å². The number of hydrogen-bond donors (Lipinski definition) is 0. The normalized spacial score (nSPS) is 24.3. The van der Waals surface area contributed by atoms with E-state index in [0.29, 0.717) is 5.54 Å². The Hall–Kier alpha value is -0.120. The van der Waals surface area contributed by atoms with Crippen molar-refractivity contribution in [2.45, 2.75) is 58.0 Å². The standard InChI is InChI=1S/C16H35N3/c1-7-16(8-2)15(11-10-12-19(16)9-3)18(6)14-13-17(4)5/h15H,7-14H2,1-6H3. The van der Waals surface area contributed by atoms with Gasteiger partial charge in [0.05, 0.1) is 0 Å². The number of likely N-dealkylation sites (tertiary alicyclic amines) is 1. The van der Waals surface area contributed by atoms with Crippen molar-refractivity contribution in [2.24, 2.45) is 0 Å². The summed E-state index contributed by atoms with van der Waals surface area (Å²) in [4.78, 5) is 7.65. The van der Waals surface area contributed by atoms with Crippen molar-refractivity contribution >= 4 is 0 Å². The summed E-state index contributed by atoms with van der Waals surface area (Å²) in [7, 11) is 6.66. The Morgan fingerprint density at radius 2 is 1.68 bits per heavy atom. The van der Waals surface area contributed by atoms with Gasteiger partial charge in [0, 0.05) is 24.7 Å². The SMILES string of the molecule is CCN1CCCC(N(C)CCN(C)C)C1(CC)CC. The first-order valence-corrected chi connectivity index (χ1v) is 8.11. The summed E-state index contributed by atoms with van der Waals surface area (Å²) in [6.45, 7) is 11.9. The second-order valence-corrected chi connectivity index (χ2v) is 6.33. The van der Waals surface area contributed by atoms with Crippen LogP contribution >= 0.6 is 0 Å². The molecule has 1 unspecified atom stereocenters. The van der Waals surface area contributed by atoms with E-state index >= 15 is 0 Å². The van der Waals surface area contributed by atoms with E-state index in [9.17, 15) is 0 Å². The van der Waals surface area contributed by atoms with Gasteiger partial charge in [-0.2, -0.15) is 0 Å². The van der Waals surface area contributed by atoms with Crippen molar-refractivity contribution in [3.63, 3.8) is 0 Å². The molecule has 0 spiro atoms. The zero-order chi connectivity index (χ0) is 14.5. The van der Waals surface area contributed by atoms with Crippen molar-refractivity contribution in [1.29, 1.82) is 0 Å². The Labute approximate surface area is 120 Å². The highest BCUT2D eigenvalue weighted by atomic mass is 15.3. The predicted molar refractivity (Wildman–Crippen MR) is 84.8 cm³/mol. The van der Waals surface area contributed by atoms with Gasteiger partial charge in [-0.1, -0.05) is 20.8 Å². The van der Waals surface area contributed by atoms with E-state index < -0.39 is 0 Å². The lowest BCUT2D eigenvalue weighted by molar-refractivity contribution is -0.0341. The molecule has 3 nitrogen and oxygen atoms in total. The molecule has 0 aromatic rings. The first-order chi connectivity index (χ1) is 9.01. The molecule has 0 amide bonds. The molecule has 0 saturated carbocycles. The Morgan fingerprint density at radius 3 is 2.16 bits per heavy atom. The zero-order valence-electron chi connectivity index (χ0n) is 14.1. The number of nitrogens with zero attached hydrogens (tertiary/aromatic N) is 3. The van der Waals surface area contributed by atoms with Crippen molar-refractivity contribution in [2.75, 3.05) is 47.3 Å². The van der Waals surface area contributed by atoms with Gasteiger partial charge < -0.3 is 9.80 Å². The van der Waals surface area contributed by atoms with Crippen molar-refractivity contribution < 1.29 is 0 Å². The van der Waals surface area contributed by atoms with E-state index in [2.05, 4.69) is 56.6 Å². The number of hydrogen-bond acceptors (Lipinski definition) is 3. The Balaban J connectivity index is 2.82. The van der Waals surface area contributed by atoms with Crippen molar-refractivity contribution in [3.05, 3.63) is 0 Å². The van der Waals surface area contributed by atoms with Gasteiger partial charge >= 0.3 is 0 Å². The maximum absolute atomic E-state index is 2.74. The molecular weight excluding hydrogens is 234 g/mol. The summed E-state index contributed by atoms with van der Waals surface area (Å²) in [5.41, 5.74) is 0.397. The monoisotopic (exact) mass is 269 g/mol. The van der Waals surface area contributed by atoms with Gasteiger partial charge in [-0.15, -0.1) is 0 Å². The fraction of sp³-hybridized carbons (Fsp3) is 1.00. The first kappa shape index (κ1) is 16.9. The lowest BCUT2D eigenvalue weighted by Crippen LogP contribution is -2.64. The zero-order valence-corrected chi connectivity index (χ0v) is 14.1. The lowest BCUT2D eigenvalue weighted by atomic mass is 9.76. The number of rotatable bonds is 7. The molecule has 1 heterocycles. The Bertz CT molecular complexity index is 248. The van der Waals surface area contributed by atoms with Gasteiger partial charge in [0.25, 0.3) is 0 Å². The maximum Gasteiger partial charge on any atom is 0.0359 e. The van der Waals surface area contributed by atoms with E-state index in [1.165, 1.54) is 45.3 Å². The van der Waals surface area contributed by atoms with Crippen LogP contribution in [0.4, 0.5) is 0 Å². The quantitative estimate of drug-likeness (QED) is 0.703. The van der Waals surface area contributed by atoms with E-state index in [4.69, 9.17) is 0 Å². The lowest BCUT2D eigenvalue weighted by Gasteiger charge is -2.54. The third kappa shape index (κ3) is 3.71. The van der Waals surface area contributed by atoms with Gasteiger partial charge in [-0.05, 0) is 59.9 Å². The van der Waals surface area contributed by atoms with Crippen molar-refractivity contribution in [1.82, 2.24) is 14.7 Å². The van der Waals surface area contributed by atoms with Gasteiger partial charge in [-0.3, -0.25) is 4.90 Å². The smallest absolute Gasteiger partial charge is 0.0359 e. The first-order valence-electron chi connectivity index (χ1n) is 8.11. The Kier molecular flexibility index (Phi) is 6.78. The second-order valence-electron chi connectivity index (χ2n) is 6.33. The van der Waals surface area contributed by atoms with Crippen LogP contribution in [0.1, 0.15) is 46.5 Å². The van der Waals surface area contributed by atoms with Gasteiger partial charge in [-0.25, -0.2) is 0 Å². The highest BCUT2D eigenvalue weighted by Crippen LogP contribution is 2.36. The average Bonchev–Trinajstić information content (AvgIpc) is 2.43. The molecule has 1 fully saturated rings. The maximum atomic E-state index is 2.74. The summed E-state index contributed by atoms with van der Waals surface area (Å²) < 4.78 is 0. The molecule has 0 radical (unpaired) electrons. The van der Waals surface area contributed by atoms with Crippen LogP contribution in [-0.4, -0.2) is 73.6 Å². The molecule has 1 aliphatic rings. The van der Waals surface area contributed by atoms with Crippen molar-refractivity contribution in [3.8, 4) is 0 Å². The minimum atomic E-state index is 0.397.